The Balaban J connectivity index is 1.84. The lowest BCUT2D eigenvalue weighted by Crippen LogP contribution is -2.71. The summed E-state index contributed by atoms with van der Waals surface area (Å²) in [5, 5.41) is 21.4. The van der Waals surface area contributed by atoms with Gasteiger partial charge in [-0.25, -0.2) is 9.98 Å². The van der Waals surface area contributed by atoms with Crippen LogP contribution in [-0.2, 0) is 4.74 Å². The Morgan fingerprint density at radius 1 is 1.39 bits per heavy atom. The Morgan fingerprint density at radius 3 is 2.74 bits per heavy atom. The first kappa shape index (κ1) is 15.0. The number of hydrogen-bond donors (Lipinski definition) is 4. The fourth-order valence-corrected chi connectivity index (χ4v) is 4.82. The second kappa shape index (κ2) is 4.49. The Hall–Kier alpha value is -1.58. The summed E-state index contributed by atoms with van der Waals surface area (Å²) in [7, 11) is 0. The van der Waals surface area contributed by atoms with Gasteiger partial charge in [0, 0.05) is 31.6 Å². The molecule has 4 rings (SSSR count). The van der Waals surface area contributed by atoms with Gasteiger partial charge in [-0.3, -0.25) is 5.21 Å². The van der Waals surface area contributed by atoms with Gasteiger partial charge in [-0.05, 0) is 13.3 Å². The van der Waals surface area contributed by atoms with E-state index >= 15 is 0 Å². The molecule has 128 valence electrons. The van der Waals surface area contributed by atoms with Crippen molar-refractivity contribution in [3.05, 3.63) is 0 Å². The Labute approximate surface area is 134 Å². The van der Waals surface area contributed by atoms with Crippen LogP contribution in [0.25, 0.3) is 0 Å². The number of fused-ring (bicyclic) bond motifs is 1. The normalized spacial score (nSPS) is 47.5. The standard InChI is InChI=1S/C14H24N6O3/c1-3-23-9-5-19-12(16)18-13(4-8(13)6-21)10-14(19,7(9)2)20(22)11(15)17-10/h7-10,21-22H,3-6H2,1-2H3,(H2,15,17)(H2,16,18). The molecule has 0 aromatic rings. The number of ether oxygens (including phenoxy) is 1. The number of nitrogens with two attached hydrogens (primary N) is 2. The van der Waals surface area contributed by atoms with Crippen molar-refractivity contribution in [2.75, 3.05) is 19.8 Å². The van der Waals surface area contributed by atoms with Gasteiger partial charge in [-0.15, -0.1) is 0 Å². The van der Waals surface area contributed by atoms with Crippen molar-refractivity contribution in [3.8, 4) is 0 Å². The van der Waals surface area contributed by atoms with E-state index in [0.717, 1.165) is 5.06 Å². The van der Waals surface area contributed by atoms with Crippen molar-refractivity contribution in [2.24, 2.45) is 33.3 Å². The fourth-order valence-electron chi connectivity index (χ4n) is 4.82. The van der Waals surface area contributed by atoms with Crippen LogP contribution in [0.5, 0.6) is 0 Å². The highest BCUT2D eigenvalue weighted by molar-refractivity contribution is 5.87. The number of guanidine groups is 2. The van der Waals surface area contributed by atoms with E-state index in [1.807, 2.05) is 18.7 Å². The van der Waals surface area contributed by atoms with E-state index in [1.165, 1.54) is 0 Å². The predicted octanol–water partition coefficient (Wildman–Crippen LogP) is -1.49. The van der Waals surface area contributed by atoms with Crippen LogP contribution in [0.2, 0.25) is 0 Å². The number of nitrogens with zero attached hydrogens (tertiary/aromatic N) is 4. The molecule has 9 nitrogen and oxygen atoms in total. The molecule has 2 fully saturated rings. The van der Waals surface area contributed by atoms with Gasteiger partial charge >= 0.3 is 0 Å². The van der Waals surface area contributed by atoms with Crippen LogP contribution >= 0.6 is 0 Å². The van der Waals surface area contributed by atoms with Crippen LogP contribution in [-0.4, -0.2) is 75.3 Å². The van der Waals surface area contributed by atoms with Crippen molar-refractivity contribution >= 4 is 11.9 Å². The summed E-state index contributed by atoms with van der Waals surface area (Å²) in [5.41, 5.74) is 10.7. The molecule has 9 heteroatoms. The molecule has 4 aliphatic rings. The highest BCUT2D eigenvalue weighted by Crippen LogP contribution is 2.61. The molecule has 6 unspecified atom stereocenters. The van der Waals surface area contributed by atoms with Crippen LogP contribution in [0.1, 0.15) is 20.3 Å². The molecule has 1 aliphatic carbocycles. The summed E-state index contributed by atoms with van der Waals surface area (Å²) in [6.45, 7) is 5.09. The minimum absolute atomic E-state index is 0.00790. The molecule has 0 aromatic carbocycles. The van der Waals surface area contributed by atoms with Crippen molar-refractivity contribution in [2.45, 2.75) is 43.6 Å². The molecule has 0 amide bonds. The molecule has 1 saturated carbocycles. The highest BCUT2D eigenvalue weighted by atomic mass is 16.5. The molecule has 23 heavy (non-hydrogen) atoms. The van der Waals surface area contributed by atoms with Gasteiger partial charge < -0.3 is 26.2 Å². The minimum atomic E-state index is -0.889. The lowest BCUT2D eigenvalue weighted by molar-refractivity contribution is -0.172. The van der Waals surface area contributed by atoms with Crippen LogP contribution < -0.4 is 11.5 Å². The van der Waals surface area contributed by atoms with E-state index in [9.17, 15) is 10.3 Å². The average molecular weight is 324 g/mol. The SMILES string of the molecule is CCOC1CN2C(N)=NC3(CC3CO)C3N=C(N)N(O)C32C1C. The van der Waals surface area contributed by atoms with Gasteiger partial charge in [-0.1, -0.05) is 6.92 Å². The Morgan fingerprint density at radius 2 is 2.13 bits per heavy atom. The third-order valence-corrected chi connectivity index (χ3v) is 6.04. The lowest BCUT2D eigenvalue weighted by Gasteiger charge is -2.50. The summed E-state index contributed by atoms with van der Waals surface area (Å²) in [4.78, 5) is 11.0. The number of aliphatic imine (C=N–C) groups is 2. The summed E-state index contributed by atoms with van der Waals surface area (Å²) in [6, 6.07) is -0.370. The topological polar surface area (TPSA) is 133 Å². The van der Waals surface area contributed by atoms with E-state index in [1.54, 1.807) is 0 Å². The first-order chi connectivity index (χ1) is 10.9. The molecule has 1 saturated heterocycles. The first-order valence-corrected chi connectivity index (χ1v) is 8.11. The van der Waals surface area contributed by atoms with E-state index in [4.69, 9.17) is 16.2 Å². The van der Waals surface area contributed by atoms with Crippen molar-refractivity contribution in [1.29, 1.82) is 0 Å². The summed E-state index contributed by atoms with van der Waals surface area (Å²) in [5.74, 6) is 0.339. The molecule has 6 N–H and O–H groups in total. The molecule has 0 bridgehead atoms. The second-order valence-electron chi connectivity index (χ2n) is 6.92. The third kappa shape index (κ3) is 1.52. The van der Waals surface area contributed by atoms with Gasteiger partial charge in [-0.2, -0.15) is 5.06 Å². The van der Waals surface area contributed by atoms with Gasteiger partial charge in [0.1, 0.15) is 6.04 Å². The van der Waals surface area contributed by atoms with E-state index in [2.05, 4.69) is 9.98 Å². The first-order valence-electron chi connectivity index (χ1n) is 8.11. The molecule has 0 radical (unpaired) electrons. The van der Waals surface area contributed by atoms with E-state index < -0.39 is 11.2 Å². The van der Waals surface area contributed by atoms with Crippen LogP contribution in [0.3, 0.4) is 0 Å². The monoisotopic (exact) mass is 324 g/mol. The molecule has 6 atom stereocenters. The second-order valence-corrected chi connectivity index (χ2v) is 6.92. The zero-order valence-corrected chi connectivity index (χ0v) is 13.4. The summed E-state index contributed by atoms with van der Waals surface area (Å²) >= 11 is 0. The van der Waals surface area contributed by atoms with Crippen LogP contribution in [0, 0.1) is 11.8 Å². The maximum absolute atomic E-state index is 10.8. The Bertz CT molecular complexity index is 597. The number of aliphatic hydroxyl groups is 1. The minimum Gasteiger partial charge on any atom is -0.396 e. The molecular weight excluding hydrogens is 300 g/mol. The predicted molar refractivity (Wildman–Crippen MR) is 82.6 cm³/mol. The number of hydrogen-bond acceptors (Lipinski definition) is 9. The van der Waals surface area contributed by atoms with Gasteiger partial charge in [0.25, 0.3) is 0 Å². The van der Waals surface area contributed by atoms with Gasteiger partial charge in [0.15, 0.2) is 11.6 Å². The fraction of sp³-hybridized carbons (Fsp3) is 0.857. The van der Waals surface area contributed by atoms with Gasteiger partial charge in [0.2, 0.25) is 5.96 Å². The molecule has 2 spiro atoms. The van der Waals surface area contributed by atoms with Crippen molar-refractivity contribution < 1.29 is 15.1 Å². The zero-order valence-electron chi connectivity index (χ0n) is 13.4. The quantitative estimate of drug-likeness (QED) is 0.497. The van der Waals surface area contributed by atoms with Gasteiger partial charge in [0.05, 0.1) is 11.6 Å². The lowest BCUT2D eigenvalue weighted by atomic mass is 9.80. The van der Waals surface area contributed by atoms with E-state index in [-0.39, 0.29) is 36.5 Å². The molecular formula is C14H24N6O3. The molecule has 3 aliphatic heterocycles. The molecule has 0 aromatic heterocycles. The number of rotatable bonds is 3. The van der Waals surface area contributed by atoms with Crippen LogP contribution in [0.15, 0.2) is 9.98 Å². The number of aliphatic hydroxyl groups excluding tert-OH is 1. The molecule has 3 heterocycles. The smallest absolute Gasteiger partial charge is 0.218 e. The Kier molecular flexibility index (Phi) is 2.92. The van der Waals surface area contributed by atoms with E-state index in [0.29, 0.717) is 25.5 Å². The third-order valence-electron chi connectivity index (χ3n) is 6.04. The van der Waals surface area contributed by atoms with Crippen molar-refractivity contribution in [3.63, 3.8) is 0 Å². The number of hydroxylamine groups is 2. The average Bonchev–Trinajstić information content (AvgIpc) is 3.05. The van der Waals surface area contributed by atoms with Crippen LogP contribution in [0.4, 0.5) is 0 Å². The largest absolute Gasteiger partial charge is 0.396 e. The van der Waals surface area contributed by atoms with Crippen molar-refractivity contribution in [1.82, 2.24) is 9.96 Å². The zero-order chi connectivity index (χ0) is 16.6. The maximum Gasteiger partial charge on any atom is 0.218 e. The highest BCUT2D eigenvalue weighted by Gasteiger charge is 2.77. The summed E-state index contributed by atoms with van der Waals surface area (Å²) in [6.07, 6.45) is 0.592. The summed E-state index contributed by atoms with van der Waals surface area (Å²) < 4.78 is 5.85. The maximum atomic E-state index is 10.8.